The molecule has 0 aliphatic carbocycles. The van der Waals surface area contributed by atoms with Gasteiger partial charge in [0.2, 0.25) is 0 Å². The maximum atomic E-state index is 9.00. The minimum Gasteiger partial charge on any atom is -1.00 e. The molecule has 0 aliphatic rings. The third-order valence-electron chi connectivity index (χ3n) is 0. The molecule has 0 saturated heterocycles. The van der Waals surface area contributed by atoms with E-state index in [2.05, 4.69) is 17.2 Å². The van der Waals surface area contributed by atoms with Crippen molar-refractivity contribution < 1.29 is 22.9 Å². The zero-order valence-corrected chi connectivity index (χ0v) is 4.90. The van der Waals surface area contributed by atoms with Crippen molar-refractivity contribution >= 4 is 6.03 Å². The maximum absolute atomic E-state index is 9.00. The molecule has 46 valence electrons. The first-order valence-corrected chi connectivity index (χ1v) is 1.49. The van der Waals surface area contributed by atoms with Crippen molar-refractivity contribution in [3.8, 4) is 0 Å². The average molecular weight is 128 g/mol. The second-order valence-electron chi connectivity index (χ2n) is 0.402. The molecule has 0 aromatic rings. The topological polar surface area (TPSA) is 96.8 Å². The summed E-state index contributed by atoms with van der Waals surface area (Å²) in [7, 11) is 1.75. The molecule has 0 aliphatic heterocycles. The summed E-state index contributed by atoms with van der Waals surface area (Å²) in [6.45, 7) is 0. The molecule has 7 N–H and O–H groups in total. The summed E-state index contributed by atoms with van der Waals surface area (Å²) < 4.78 is 0. The van der Waals surface area contributed by atoms with Gasteiger partial charge in [0.05, 0.1) is 7.05 Å². The highest BCUT2D eigenvalue weighted by Crippen LogP contribution is 1.25. The van der Waals surface area contributed by atoms with Crippen LogP contribution in [0, 0.1) is 0 Å². The number of halogens is 1. The fourth-order valence-corrected chi connectivity index (χ4v) is 0. The Hall–Kier alpha value is -0.480. The van der Waals surface area contributed by atoms with Crippen molar-refractivity contribution in [3.63, 3.8) is 0 Å². The van der Waals surface area contributed by atoms with Gasteiger partial charge >= 0.3 is 6.03 Å². The highest BCUT2D eigenvalue weighted by Gasteiger charge is 1.60. The van der Waals surface area contributed by atoms with Crippen molar-refractivity contribution in [3.05, 3.63) is 0 Å². The predicted molar refractivity (Wildman–Crippen MR) is 22.6 cm³/mol. The van der Waals surface area contributed by atoms with E-state index >= 15 is 0 Å². The Kier molecular flexibility index (Phi) is 40.7. The number of quaternary nitrogens is 1. The fraction of sp³-hybridized carbons (Fsp3) is 0.500. The molecule has 0 aromatic heterocycles. The van der Waals surface area contributed by atoms with Gasteiger partial charge in [0, 0.05) is 0 Å². The molecule has 5 heteroatoms. The van der Waals surface area contributed by atoms with Crippen LogP contribution in [0.2, 0.25) is 0 Å². The Balaban J connectivity index is -0.0000000480. The van der Waals surface area contributed by atoms with Crippen LogP contribution < -0.4 is 29.6 Å². The van der Waals surface area contributed by atoms with Gasteiger partial charge in [-0.25, -0.2) is 4.79 Å². The van der Waals surface area contributed by atoms with E-state index in [0.717, 1.165) is 0 Å². The smallest absolute Gasteiger partial charge is 0.309 e. The van der Waals surface area contributed by atoms with E-state index in [0.29, 0.717) is 0 Å². The number of carbonyl (C=O) groups is 1. The summed E-state index contributed by atoms with van der Waals surface area (Å²) in [5.74, 6) is 0. The summed E-state index contributed by atoms with van der Waals surface area (Å²) >= 11 is 0. The monoisotopic (exact) mass is 127 g/mol. The molecule has 0 unspecified atom stereocenters. The van der Waals surface area contributed by atoms with Gasteiger partial charge in [-0.15, -0.1) is 0 Å². The molecular formula is C2H10ClN3O. The molecule has 4 nitrogen and oxygen atoms in total. The molecule has 0 atom stereocenters. The predicted octanol–water partition coefficient (Wildman–Crippen LogP) is -5.11. The third-order valence-corrected chi connectivity index (χ3v) is 0. The Morgan fingerprint density at radius 3 is 1.43 bits per heavy atom. The van der Waals surface area contributed by atoms with Crippen molar-refractivity contribution in [2.24, 2.45) is 11.5 Å². The minimum absolute atomic E-state index is 0. The van der Waals surface area contributed by atoms with Crippen LogP contribution in [0.5, 0.6) is 0 Å². The molecule has 2 amide bonds. The van der Waals surface area contributed by atoms with Gasteiger partial charge in [-0.1, -0.05) is 0 Å². The van der Waals surface area contributed by atoms with Gasteiger partial charge in [0.15, 0.2) is 0 Å². The molecule has 0 aromatic carbocycles. The quantitative estimate of drug-likeness (QED) is 0.298. The molecular weight excluding hydrogens is 117 g/mol. The highest BCUT2D eigenvalue weighted by molar-refractivity contribution is 5.69. The van der Waals surface area contributed by atoms with E-state index in [9.17, 15) is 0 Å². The number of hydrogen-bond donors (Lipinski definition) is 3. The number of hydrogen-bond acceptors (Lipinski definition) is 1. The number of rotatable bonds is 0. The number of nitrogens with two attached hydrogens (primary N) is 2. The molecule has 0 radical (unpaired) electrons. The lowest BCUT2D eigenvalue weighted by atomic mass is 11.2. The van der Waals surface area contributed by atoms with Gasteiger partial charge in [-0.05, 0) is 0 Å². The number of urea groups is 1. The van der Waals surface area contributed by atoms with Gasteiger partial charge in [0.1, 0.15) is 0 Å². The van der Waals surface area contributed by atoms with Crippen LogP contribution in [0.1, 0.15) is 0 Å². The lowest BCUT2D eigenvalue weighted by Crippen LogP contribution is -3.00. The summed E-state index contributed by atoms with van der Waals surface area (Å²) in [4.78, 5) is 9.00. The van der Waals surface area contributed by atoms with E-state index in [1.54, 1.807) is 7.05 Å². The standard InChI is InChI=1S/CH4N2O.CH5N.ClH/c2-1(3)4;1-2;/h(H4,2,3,4);2H2,1H3;1H. The van der Waals surface area contributed by atoms with E-state index in [1.165, 1.54) is 0 Å². The number of carbonyl (C=O) groups excluding carboxylic acids is 1. The van der Waals surface area contributed by atoms with Gasteiger partial charge in [-0.3, -0.25) is 0 Å². The minimum atomic E-state index is -0.833. The largest absolute Gasteiger partial charge is 1.00 e. The Bertz CT molecular complexity index is 35.9. The summed E-state index contributed by atoms with van der Waals surface area (Å²) in [5.41, 5.74) is 11.8. The molecule has 0 saturated carbocycles. The van der Waals surface area contributed by atoms with Crippen LogP contribution in [0.25, 0.3) is 0 Å². The number of amides is 2. The van der Waals surface area contributed by atoms with Crippen LogP contribution in [-0.2, 0) is 0 Å². The highest BCUT2D eigenvalue weighted by atomic mass is 35.5. The molecule has 0 spiro atoms. The van der Waals surface area contributed by atoms with Crippen molar-refractivity contribution in [1.29, 1.82) is 0 Å². The fourth-order valence-electron chi connectivity index (χ4n) is 0. The third kappa shape index (κ3) is 297. The zero-order valence-electron chi connectivity index (χ0n) is 4.15. The average Bonchev–Trinajstić information content (AvgIpc) is 1.41. The first-order valence-electron chi connectivity index (χ1n) is 1.49. The van der Waals surface area contributed by atoms with Crippen LogP contribution in [0.4, 0.5) is 4.79 Å². The Morgan fingerprint density at radius 2 is 1.43 bits per heavy atom. The second-order valence-corrected chi connectivity index (χ2v) is 0.402. The van der Waals surface area contributed by atoms with Gasteiger partial charge in [0.25, 0.3) is 0 Å². The van der Waals surface area contributed by atoms with Gasteiger partial charge < -0.3 is 29.6 Å². The van der Waals surface area contributed by atoms with Crippen molar-refractivity contribution in [1.82, 2.24) is 0 Å². The Morgan fingerprint density at radius 1 is 1.43 bits per heavy atom. The zero-order chi connectivity index (χ0) is 5.58. The first kappa shape index (κ1) is 16.0. The van der Waals surface area contributed by atoms with Crippen LogP contribution in [0.3, 0.4) is 0 Å². The molecule has 0 rings (SSSR count). The SMILES string of the molecule is C[NH3+].NC(N)=O.[Cl-]. The van der Waals surface area contributed by atoms with Crippen LogP contribution in [-0.4, -0.2) is 13.1 Å². The first-order chi connectivity index (χ1) is 2.73. The summed E-state index contributed by atoms with van der Waals surface area (Å²) in [6.07, 6.45) is 0. The molecule has 0 heterocycles. The lowest BCUT2D eigenvalue weighted by molar-refractivity contribution is -0.325. The lowest BCUT2D eigenvalue weighted by Gasteiger charge is -1.62. The Labute approximate surface area is 48.4 Å². The second kappa shape index (κ2) is 17.8. The van der Waals surface area contributed by atoms with E-state index in [-0.39, 0.29) is 12.4 Å². The van der Waals surface area contributed by atoms with Crippen molar-refractivity contribution in [2.75, 3.05) is 7.05 Å². The number of primary amides is 2. The van der Waals surface area contributed by atoms with Gasteiger partial charge in [-0.2, -0.15) is 0 Å². The molecule has 0 bridgehead atoms. The van der Waals surface area contributed by atoms with E-state index in [1.807, 2.05) is 0 Å². The van der Waals surface area contributed by atoms with E-state index in [4.69, 9.17) is 4.79 Å². The maximum Gasteiger partial charge on any atom is 0.309 e. The molecule has 0 fully saturated rings. The van der Waals surface area contributed by atoms with Crippen LogP contribution >= 0.6 is 0 Å². The summed E-state index contributed by atoms with van der Waals surface area (Å²) in [6, 6.07) is -0.833. The normalized spacial score (nSPS) is 4.29. The van der Waals surface area contributed by atoms with Crippen molar-refractivity contribution in [2.45, 2.75) is 0 Å². The summed E-state index contributed by atoms with van der Waals surface area (Å²) in [5, 5.41) is 0. The molecule has 7 heavy (non-hydrogen) atoms. The van der Waals surface area contributed by atoms with E-state index < -0.39 is 6.03 Å². The van der Waals surface area contributed by atoms with Crippen LogP contribution in [0.15, 0.2) is 0 Å².